The first-order valence-electron chi connectivity index (χ1n) is 10.0. The third-order valence-electron chi connectivity index (χ3n) is 5.32. The van der Waals surface area contributed by atoms with Crippen molar-refractivity contribution in [2.24, 2.45) is 0 Å². The normalized spacial score (nSPS) is 14.9. The highest BCUT2D eigenvalue weighted by Crippen LogP contribution is 2.32. The maximum absolute atomic E-state index is 13.1. The van der Waals surface area contributed by atoms with Gasteiger partial charge in [-0.25, -0.2) is 8.42 Å². The second kappa shape index (κ2) is 8.59. The van der Waals surface area contributed by atoms with E-state index < -0.39 is 10.0 Å². The summed E-state index contributed by atoms with van der Waals surface area (Å²) < 4.78 is 35.3. The monoisotopic (exact) mass is 419 g/mol. The van der Waals surface area contributed by atoms with Crippen LogP contribution in [-0.2, 0) is 16.6 Å². The van der Waals surface area contributed by atoms with Crippen molar-refractivity contribution in [3.63, 3.8) is 0 Å². The Hall–Kier alpha value is -2.32. The molecule has 1 aliphatic heterocycles. The van der Waals surface area contributed by atoms with Gasteiger partial charge in [-0.15, -0.1) is 0 Å². The molecular formula is C21H29N3O4S. The molecule has 0 spiro atoms. The molecule has 0 atom stereocenters. The van der Waals surface area contributed by atoms with Crippen molar-refractivity contribution in [2.75, 3.05) is 25.0 Å². The topological polar surface area (TPSA) is 80.6 Å². The molecule has 158 valence electrons. The summed E-state index contributed by atoms with van der Waals surface area (Å²) in [7, 11) is -3.68. The molecule has 0 bridgehead atoms. The van der Waals surface area contributed by atoms with Gasteiger partial charge in [0.25, 0.3) is 5.91 Å². The van der Waals surface area contributed by atoms with Gasteiger partial charge in [0.15, 0.2) is 0 Å². The number of nitrogens with one attached hydrogen (secondary N) is 1. The van der Waals surface area contributed by atoms with Gasteiger partial charge in [0.05, 0.1) is 12.2 Å². The Balaban J connectivity index is 1.94. The minimum Gasteiger partial charge on any atom is -0.492 e. The molecule has 1 saturated heterocycles. The summed E-state index contributed by atoms with van der Waals surface area (Å²) in [6.07, 6.45) is 1.71. The van der Waals surface area contributed by atoms with Crippen LogP contribution in [0.5, 0.6) is 5.75 Å². The van der Waals surface area contributed by atoms with Gasteiger partial charge in [-0.05, 0) is 64.8 Å². The van der Waals surface area contributed by atoms with Gasteiger partial charge in [0.1, 0.15) is 10.6 Å². The molecule has 1 N–H and O–H groups in total. The summed E-state index contributed by atoms with van der Waals surface area (Å²) in [6, 6.07) is 6.63. The van der Waals surface area contributed by atoms with Crippen LogP contribution in [0.4, 0.5) is 5.69 Å². The van der Waals surface area contributed by atoms with Crippen LogP contribution in [0.15, 0.2) is 29.2 Å². The lowest BCUT2D eigenvalue weighted by Gasteiger charge is -2.19. The van der Waals surface area contributed by atoms with Crippen molar-refractivity contribution in [1.82, 2.24) is 8.87 Å². The minimum absolute atomic E-state index is 0.0954. The Morgan fingerprint density at radius 2 is 1.83 bits per heavy atom. The molecule has 1 aromatic carbocycles. The van der Waals surface area contributed by atoms with E-state index in [1.807, 2.05) is 33.8 Å². The molecule has 7 nitrogen and oxygen atoms in total. The number of rotatable bonds is 7. The van der Waals surface area contributed by atoms with E-state index in [-0.39, 0.29) is 10.8 Å². The van der Waals surface area contributed by atoms with E-state index in [9.17, 15) is 13.2 Å². The first kappa shape index (κ1) is 21.4. The predicted molar refractivity (Wildman–Crippen MR) is 113 cm³/mol. The van der Waals surface area contributed by atoms with E-state index in [2.05, 4.69) is 9.88 Å². The van der Waals surface area contributed by atoms with Crippen molar-refractivity contribution in [2.45, 2.75) is 52.0 Å². The van der Waals surface area contributed by atoms with E-state index >= 15 is 0 Å². The number of nitrogens with zero attached hydrogens (tertiary/aromatic N) is 2. The highest BCUT2D eigenvalue weighted by atomic mass is 32.2. The smallest absolute Gasteiger partial charge is 0.257 e. The molecular weight excluding hydrogens is 390 g/mol. The third-order valence-corrected chi connectivity index (χ3v) is 7.24. The van der Waals surface area contributed by atoms with Crippen molar-refractivity contribution in [3.8, 4) is 5.75 Å². The van der Waals surface area contributed by atoms with Crippen LogP contribution in [-0.4, -0.2) is 42.9 Å². The lowest BCUT2D eigenvalue weighted by molar-refractivity contribution is 0.102. The third kappa shape index (κ3) is 4.18. The van der Waals surface area contributed by atoms with Gasteiger partial charge in [0.2, 0.25) is 10.0 Å². The van der Waals surface area contributed by atoms with Crippen LogP contribution in [0.3, 0.4) is 0 Å². The molecule has 2 heterocycles. The Bertz CT molecular complexity index is 1010. The number of sulfonamides is 1. The molecule has 29 heavy (non-hydrogen) atoms. The Kier molecular flexibility index (Phi) is 6.33. The zero-order chi connectivity index (χ0) is 21.2. The lowest BCUT2D eigenvalue weighted by atomic mass is 10.2. The first-order chi connectivity index (χ1) is 13.8. The number of aryl methyl sites for hydroxylation is 1. The molecule has 1 fully saturated rings. The number of ether oxygens (including phenoxy) is 1. The highest BCUT2D eigenvalue weighted by molar-refractivity contribution is 7.89. The number of amides is 1. The standard InChI is InChI=1S/C21H29N3O4S/c1-5-24-15(3)13-18(16(24)4)21(25)22-17-9-10-19(28-6-2)20(14-17)29(26,27)23-11-7-8-12-23/h9-10,13-14H,5-8,11-12H2,1-4H3,(H,22,25). The van der Waals surface area contributed by atoms with Crippen molar-refractivity contribution in [3.05, 3.63) is 41.2 Å². The van der Waals surface area contributed by atoms with E-state index in [4.69, 9.17) is 4.74 Å². The van der Waals surface area contributed by atoms with Gasteiger partial charge in [-0.2, -0.15) is 4.31 Å². The van der Waals surface area contributed by atoms with Crippen LogP contribution in [0.25, 0.3) is 0 Å². The first-order valence-corrected chi connectivity index (χ1v) is 11.5. The number of anilines is 1. The fraction of sp³-hybridized carbons (Fsp3) is 0.476. The van der Waals surface area contributed by atoms with Gasteiger partial charge >= 0.3 is 0 Å². The molecule has 1 aromatic heterocycles. The summed E-state index contributed by atoms with van der Waals surface area (Å²) >= 11 is 0. The molecule has 3 rings (SSSR count). The summed E-state index contributed by atoms with van der Waals surface area (Å²) in [4.78, 5) is 12.9. The minimum atomic E-state index is -3.68. The molecule has 0 aliphatic carbocycles. The van der Waals surface area contributed by atoms with Crippen LogP contribution in [0.1, 0.15) is 48.4 Å². The van der Waals surface area contributed by atoms with Crippen LogP contribution in [0, 0.1) is 13.8 Å². The summed E-state index contributed by atoms with van der Waals surface area (Å²) in [5, 5.41) is 2.85. The van der Waals surface area contributed by atoms with E-state index in [0.29, 0.717) is 36.7 Å². The van der Waals surface area contributed by atoms with Crippen LogP contribution >= 0.6 is 0 Å². The number of carbonyl (C=O) groups excluding carboxylic acids is 1. The summed E-state index contributed by atoms with van der Waals surface area (Å²) in [5.41, 5.74) is 2.91. The Morgan fingerprint density at radius 3 is 2.41 bits per heavy atom. The van der Waals surface area contributed by atoms with Gasteiger partial charge < -0.3 is 14.6 Å². The van der Waals surface area contributed by atoms with Gasteiger partial charge in [-0.3, -0.25) is 4.79 Å². The van der Waals surface area contributed by atoms with Crippen molar-refractivity contribution in [1.29, 1.82) is 0 Å². The van der Waals surface area contributed by atoms with E-state index in [1.165, 1.54) is 10.4 Å². The summed E-state index contributed by atoms with van der Waals surface area (Å²) in [5.74, 6) is 0.0491. The highest BCUT2D eigenvalue weighted by Gasteiger charge is 2.30. The second-order valence-electron chi connectivity index (χ2n) is 7.19. The Labute approximate surface area is 172 Å². The zero-order valence-electron chi connectivity index (χ0n) is 17.5. The number of hydrogen-bond donors (Lipinski definition) is 1. The number of benzene rings is 1. The van der Waals surface area contributed by atoms with Crippen LogP contribution < -0.4 is 10.1 Å². The molecule has 1 aliphatic rings. The lowest BCUT2D eigenvalue weighted by Crippen LogP contribution is -2.28. The SMILES string of the molecule is CCOc1ccc(NC(=O)c2cc(C)n(CC)c2C)cc1S(=O)(=O)N1CCCC1. The zero-order valence-corrected chi connectivity index (χ0v) is 18.3. The molecule has 0 radical (unpaired) electrons. The van der Waals surface area contributed by atoms with Gasteiger partial charge in [0, 0.05) is 36.7 Å². The van der Waals surface area contributed by atoms with Crippen LogP contribution in [0.2, 0.25) is 0 Å². The predicted octanol–water partition coefficient (Wildman–Crippen LogP) is 3.56. The fourth-order valence-electron chi connectivity index (χ4n) is 3.85. The second-order valence-corrected chi connectivity index (χ2v) is 9.10. The number of aromatic nitrogens is 1. The van der Waals surface area contributed by atoms with Gasteiger partial charge in [-0.1, -0.05) is 0 Å². The molecule has 1 amide bonds. The van der Waals surface area contributed by atoms with E-state index in [0.717, 1.165) is 30.8 Å². The molecule has 0 saturated carbocycles. The maximum Gasteiger partial charge on any atom is 0.257 e. The molecule has 2 aromatic rings. The Morgan fingerprint density at radius 1 is 1.14 bits per heavy atom. The van der Waals surface area contributed by atoms with Crippen molar-refractivity contribution >= 4 is 21.6 Å². The van der Waals surface area contributed by atoms with Crippen molar-refractivity contribution < 1.29 is 17.9 Å². The average Bonchev–Trinajstić information content (AvgIpc) is 3.32. The quantitative estimate of drug-likeness (QED) is 0.744. The van der Waals surface area contributed by atoms with E-state index in [1.54, 1.807) is 12.1 Å². The average molecular weight is 420 g/mol. The summed E-state index contributed by atoms with van der Waals surface area (Å²) in [6.45, 7) is 9.87. The fourth-order valence-corrected chi connectivity index (χ4v) is 5.52. The molecule has 0 unspecified atom stereocenters. The maximum atomic E-state index is 13.1. The number of hydrogen-bond acceptors (Lipinski definition) is 4. The number of carbonyl (C=O) groups is 1. The molecule has 8 heteroatoms. The largest absolute Gasteiger partial charge is 0.492 e.